The number of rotatable bonds is 7. The number of phenolic OH excluding ortho intramolecular Hbond substituents is 1. The van der Waals surface area contributed by atoms with Gasteiger partial charge in [0, 0.05) is 11.5 Å². The van der Waals surface area contributed by atoms with Crippen LogP contribution in [0.4, 0.5) is 5.69 Å². The van der Waals surface area contributed by atoms with E-state index >= 15 is 0 Å². The summed E-state index contributed by atoms with van der Waals surface area (Å²) in [5.74, 6) is 0.540. The largest absolute Gasteiger partial charge is 0.506 e. The minimum atomic E-state index is -0.157. The van der Waals surface area contributed by atoms with E-state index in [2.05, 4.69) is 15.5 Å². The molecule has 0 saturated carbocycles. The molecule has 1 saturated heterocycles. The maximum absolute atomic E-state index is 12.5. The number of likely N-dealkylation sites (tertiary alicyclic amines) is 1. The summed E-state index contributed by atoms with van der Waals surface area (Å²) in [5.41, 5.74) is 1.36. The highest BCUT2D eigenvalue weighted by Gasteiger charge is 2.26. The van der Waals surface area contributed by atoms with Crippen LogP contribution in [0, 0.1) is 5.92 Å². The summed E-state index contributed by atoms with van der Waals surface area (Å²) in [7, 11) is 1.62. The van der Waals surface area contributed by atoms with Crippen molar-refractivity contribution in [2.75, 3.05) is 32.1 Å². The summed E-state index contributed by atoms with van der Waals surface area (Å²) < 4.78 is 5.37. The van der Waals surface area contributed by atoms with Crippen LogP contribution < -0.4 is 15.4 Å². The summed E-state index contributed by atoms with van der Waals surface area (Å²) in [6, 6.07) is 14.2. The van der Waals surface area contributed by atoms with Crippen molar-refractivity contribution in [3.05, 3.63) is 54.1 Å². The monoisotopic (exact) mass is 411 g/mol. The second-order valence-electron chi connectivity index (χ2n) is 7.59. The van der Waals surface area contributed by atoms with E-state index in [0.717, 1.165) is 11.3 Å². The summed E-state index contributed by atoms with van der Waals surface area (Å²) in [6.45, 7) is 3.59. The molecule has 1 fully saturated rings. The smallest absolute Gasteiger partial charge is 0.234 e. The number of aromatic hydroxyl groups is 1. The molecular weight excluding hydrogens is 382 g/mol. The third-order valence-electron chi connectivity index (χ3n) is 5.47. The van der Waals surface area contributed by atoms with Gasteiger partial charge >= 0.3 is 0 Å². The molecule has 2 amide bonds. The second kappa shape index (κ2) is 10.1. The minimum absolute atomic E-state index is 0.0504. The first-order valence-corrected chi connectivity index (χ1v) is 10.2. The average Bonchev–Trinajstić information content (AvgIpc) is 2.75. The number of carbonyl (C=O) groups is 2. The molecule has 1 atom stereocenters. The van der Waals surface area contributed by atoms with Crippen LogP contribution in [0.15, 0.2) is 48.5 Å². The van der Waals surface area contributed by atoms with Gasteiger partial charge in [0.1, 0.15) is 11.5 Å². The van der Waals surface area contributed by atoms with Gasteiger partial charge in [0.25, 0.3) is 0 Å². The molecule has 3 N–H and O–H groups in total. The SMILES string of the molecule is COc1ccccc1C(C)NC(=O)CN1CCC(C(=O)Nc2ccccc2O)CC1. The Bertz CT molecular complexity index is 878. The topological polar surface area (TPSA) is 90.9 Å². The maximum atomic E-state index is 12.5. The molecular formula is C23H29N3O4. The number of piperidine rings is 1. The van der Waals surface area contributed by atoms with Gasteiger partial charge in [0.2, 0.25) is 11.8 Å². The molecule has 1 heterocycles. The van der Waals surface area contributed by atoms with Gasteiger partial charge in [0.05, 0.1) is 25.4 Å². The van der Waals surface area contributed by atoms with Gasteiger partial charge in [-0.25, -0.2) is 0 Å². The lowest BCUT2D eigenvalue weighted by Crippen LogP contribution is -2.43. The number of anilines is 1. The van der Waals surface area contributed by atoms with Crippen LogP contribution in [0.2, 0.25) is 0 Å². The Hall–Kier alpha value is -3.06. The quantitative estimate of drug-likeness (QED) is 0.610. The van der Waals surface area contributed by atoms with Gasteiger partial charge in [-0.15, -0.1) is 0 Å². The van der Waals surface area contributed by atoms with Crippen molar-refractivity contribution < 1.29 is 19.4 Å². The molecule has 0 bridgehead atoms. The summed E-state index contributed by atoms with van der Waals surface area (Å²) in [4.78, 5) is 27.0. The first-order valence-electron chi connectivity index (χ1n) is 10.2. The fourth-order valence-electron chi connectivity index (χ4n) is 3.76. The number of hydrogen-bond donors (Lipinski definition) is 3. The third kappa shape index (κ3) is 5.51. The Balaban J connectivity index is 1.45. The van der Waals surface area contributed by atoms with Crippen LogP contribution in [0.5, 0.6) is 11.5 Å². The van der Waals surface area contributed by atoms with E-state index in [1.54, 1.807) is 31.4 Å². The lowest BCUT2D eigenvalue weighted by Gasteiger charge is -2.31. The average molecular weight is 412 g/mol. The van der Waals surface area contributed by atoms with E-state index in [-0.39, 0.29) is 29.5 Å². The van der Waals surface area contributed by atoms with E-state index in [1.165, 1.54) is 0 Å². The molecule has 2 aromatic rings. The van der Waals surface area contributed by atoms with E-state index in [4.69, 9.17) is 4.74 Å². The van der Waals surface area contributed by atoms with Gasteiger partial charge in [-0.1, -0.05) is 30.3 Å². The molecule has 0 aromatic heterocycles. The van der Waals surface area contributed by atoms with Crippen LogP contribution in [0.25, 0.3) is 0 Å². The Morgan fingerprint density at radius 2 is 1.80 bits per heavy atom. The number of nitrogens with one attached hydrogen (secondary N) is 2. The molecule has 7 heteroatoms. The molecule has 160 valence electrons. The molecule has 1 aliphatic rings. The lowest BCUT2D eigenvalue weighted by atomic mass is 9.95. The number of methoxy groups -OCH3 is 1. The van der Waals surface area contributed by atoms with Crippen molar-refractivity contribution in [3.63, 3.8) is 0 Å². The molecule has 2 aromatic carbocycles. The number of carbonyl (C=O) groups excluding carboxylic acids is 2. The van der Waals surface area contributed by atoms with Gasteiger partial charge in [0.15, 0.2) is 0 Å². The Morgan fingerprint density at radius 1 is 1.13 bits per heavy atom. The summed E-state index contributed by atoms with van der Waals surface area (Å²) in [6.07, 6.45) is 1.35. The number of amides is 2. The lowest BCUT2D eigenvalue weighted by molar-refractivity contribution is -0.124. The fourth-order valence-corrected chi connectivity index (χ4v) is 3.76. The standard InChI is InChI=1S/C23H29N3O4/c1-16(18-7-3-6-10-21(18)30-2)24-22(28)15-26-13-11-17(12-14-26)23(29)25-19-8-4-5-9-20(19)27/h3-10,16-17,27H,11-15H2,1-2H3,(H,24,28)(H,25,29). The zero-order valence-electron chi connectivity index (χ0n) is 17.4. The molecule has 3 rings (SSSR count). The second-order valence-corrected chi connectivity index (χ2v) is 7.59. The third-order valence-corrected chi connectivity index (χ3v) is 5.47. The zero-order valence-corrected chi connectivity index (χ0v) is 17.4. The number of ether oxygens (including phenoxy) is 1. The van der Waals surface area contributed by atoms with E-state index < -0.39 is 0 Å². The number of para-hydroxylation sites is 3. The van der Waals surface area contributed by atoms with Crippen LogP contribution >= 0.6 is 0 Å². The van der Waals surface area contributed by atoms with Crippen LogP contribution in [-0.4, -0.2) is 48.6 Å². The molecule has 1 aliphatic heterocycles. The highest BCUT2D eigenvalue weighted by Crippen LogP contribution is 2.26. The van der Waals surface area contributed by atoms with Gasteiger partial charge in [-0.05, 0) is 51.1 Å². The number of hydrogen-bond acceptors (Lipinski definition) is 5. The highest BCUT2D eigenvalue weighted by molar-refractivity contribution is 5.93. The van der Waals surface area contributed by atoms with Crippen LogP contribution in [0.1, 0.15) is 31.4 Å². The van der Waals surface area contributed by atoms with Gasteiger partial charge in [-0.2, -0.15) is 0 Å². The predicted octanol–water partition coefficient (Wildman–Crippen LogP) is 2.93. The van der Waals surface area contributed by atoms with Crippen molar-refractivity contribution >= 4 is 17.5 Å². The van der Waals surface area contributed by atoms with Gasteiger partial charge < -0.3 is 20.5 Å². The first-order chi connectivity index (χ1) is 14.5. The summed E-state index contributed by atoms with van der Waals surface area (Å²) in [5, 5.41) is 15.6. The van der Waals surface area contributed by atoms with Crippen molar-refractivity contribution in [3.8, 4) is 11.5 Å². The Morgan fingerprint density at radius 3 is 2.50 bits per heavy atom. The number of phenols is 1. The van der Waals surface area contributed by atoms with Crippen molar-refractivity contribution in [1.29, 1.82) is 0 Å². The number of benzene rings is 2. The molecule has 1 unspecified atom stereocenters. The fraction of sp³-hybridized carbons (Fsp3) is 0.391. The molecule has 0 aliphatic carbocycles. The maximum Gasteiger partial charge on any atom is 0.234 e. The van der Waals surface area contributed by atoms with E-state index in [0.29, 0.717) is 38.2 Å². The van der Waals surface area contributed by atoms with Crippen molar-refractivity contribution in [2.24, 2.45) is 5.92 Å². The van der Waals surface area contributed by atoms with E-state index in [1.807, 2.05) is 31.2 Å². The minimum Gasteiger partial charge on any atom is -0.506 e. The molecule has 0 radical (unpaired) electrons. The molecule has 0 spiro atoms. The van der Waals surface area contributed by atoms with Crippen LogP contribution in [0.3, 0.4) is 0 Å². The predicted molar refractivity (Wildman–Crippen MR) is 115 cm³/mol. The highest BCUT2D eigenvalue weighted by atomic mass is 16.5. The zero-order chi connectivity index (χ0) is 21.5. The Labute approximate surface area is 177 Å². The molecule has 7 nitrogen and oxygen atoms in total. The first kappa shape index (κ1) is 21.6. The molecule has 30 heavy (non-hydrogen) atoms. The van der Waals surface area contributed by atoms with Crippen molar-refractivity contribution in [1.82, 2.24) is 10.2 Å². The van der Waals surface area contributed by atoms with Crippen molar-refractivity contribution in [2.45, 2.75) is 25.8 Å². The van der Waals surface area contributed by atoms with Gasteiger partial charge in [-0.3, -0.25) is 14.5 Å². The van der Waals surface area contributed by atoms with Crippen LogP contribution in [-0.2, 0) is 9.59 Å². The van der Waals surface area contributed by atoms with E-state index in [9.17, 15) is 14.7 Å². The Kier molecular flexibility index (Phi) is 7.30. The normalized spacial score (nSPS) is 15.9. The summed E-state index contributed by atoms with van der Waals surface area (Å²) >= 11 is 0. The number of nitrogens with zero attached hydrogens (tertiary/aromatic N) is 1.